The van der Waals surface area contributed by atoms with Crippen molar-refractivity contribution in [2.24, 2.45) is 0 Å². The number of pyridine rings is 1. The highest BCUT2D eigenvalue weighted by Gasteiger charge is 2.19. The molecule has 1 N–H and O–H groups in total. The van der Waals surface area contributed by atoms with Gasteiger partial charge < -0.3 is 10.1 Å². The topological polar surface area (TPSA) is 38.6 Å². The molecule has 24 heavy (non-hydrogen) atoms. The van der Waals surface area contributed by atoms with Gasteiger partial charge in [-0.05, 0) is 65.2 Å². The number of hydrogen-bond donors (Lipinski definition) is 1. The average Bonchev–Trinajstić information content (AvgIpc) is 3.21. The van der Waals surface area contributed by atoms with Gasteiger partial charge in [-0.15, -0.1) is 0 Å². The van der Waals surface area contributed by atoms with E-state index in [1.165, 1.54) is 12.1 Å². The Bertz CT molecular complexity index is 857. The zero-order valence-corrected chi connectivity index (χ0v) is 14.6. The van der Waals surface area contributed by atoms with Crippen LogP contribution in [0.15, 0.2) is 47.1 Å². The standard InChI is InChI=1S/C18H17BrFN3O/c19-13-5-8-16-22-17(12-3-6-14(20)7-4-12)18(23(16)11-13)21-10-15-2-1-9-24-15/h3-8,11,15,21H,1-2,9-10H2/t15-/m0/s1. The Morgan fingerprint density at radius 3 is 2.83 bits per heavy atom. The number of benzene rings is 1. The molecule has 2 aromatic heterocycles. The summed E-state index contributed by atoms with van der Waals surface area (Å²) in [4.78, 5) is 4.72. The largest absolute Gasteiger partial charge is 0.376 e. The molecule has 1 fully saturated rings. The number of anilines is 1. The second kappa shape index (κ2) is 6.53. The summed E-state index contributed by atoms with van der Waals surface area (Å²) in [5.41, 5.74) is 2.53. The van der Waals surface area contributed by atoms with Gasteiger partial charge in [0.15, 0.2) is 0 Å². The van der Waals surface area contributed by atoms with Gasteiger partial charge in [0.05, 0.1) is 6.10 Å². The van der Waals surface area contributed by atoms with E-state index in [1.54, 1.807) is 12.1 Å². The lowest BCUT2D eigenvalue weighted by Crippen LogP contribution is -2.19. The predicted octanol–water partition coefficient (Wildman–Crippen LogP) is 4.49. The third-order valence-electron chi connectivity index (χ3n) is 4.22. The minimum Gasteiger partial charge on any atom is -0.376 e. The van der Waals surface area contributed by atoms with Crippen LogP contribution in [-0.2, 0) is 4.74 Å². The van der Waals surface area contributed by atoms with Crippen molar-refractivity contribution in [1.29, 1.82) is 0 Å². The Balaban J connectivity index is 1.75. The van der Waals surface area contributed by atoms with Crippen molar-refractivity contribution in [3.05, 3.63) is 52.9 Å². The summed E-state index contributed by atoms with van der Waals surface area (Å²) >= 11 is 3.51. The molecule has 0 unspecified atom stereocenters. The summed E-state index contributed by atoms with van der Waals surface area (Å²) in [5, 5.41) is 3.48. The molecule has 0 bridgehead atoms. The number of aromatic nitrogens is 2. The van der Waals surface area contributed by atoms with Gasteiger partial charge in [0.25, 0.3) is 0 Å². The maximum atomic E-state index is 13.2. The van der Waals surface area contributed by atoms with Crippen LogP contribution in [0, 0.1) is 5.82 Å². The monoisotopic (exact) mass is 389 g/mol. The van der Waals surface area contributed by atoms with E-state index in [-0.39, 0.29) is 11.9 Å². The zero-order chi connectivity index (χ0) is 16.5. The summed E-state index contributed by atoms with van der Waals surface area (Å²) in [7, 11) is 0. The summed E-state index contributed by atoms with van der Waals surface area (Å²) in [6, 6.07) is 10.3. The Hall–Kier alpha value is -1.92. The highest BCUT2D eigenvalue weighted by molar-refractivity contribution is 9.10. The molecule has 1 atom stereocenters. The van der Waals surface area contributed by atoms with E-state index in [1.807, 2.05) is 22.7 Å². The van der Waals surface area contributed by atoms with Gasteiger partial charge in [-0.1, -0.05) is 0 Å². The summed E-state index contributed by atoms with van der Waals surface area (Å²) in [6.07, 6.45) is 4.38. The number of fused-ring (bicyclic) bond motifs is 1. The molecule has 1 aliphatic rings. The van der Waals surface area contributed by atoms with Crippen molar-refractivity contribution < 1.29 is 9.13 Å². The molecule has 1 saturated heterocycles. The maximum absolute atomic E-state index is 13.2. The molecule has 4 rings (SSSR count). The fourth-order valence-corrected chi connectivity index (χ4v) is 3.35. The number of hydrogen-bond acceptors (Lipinski definition) is 3. The van der Waals surface area contributed by atoms with Crippen LogP contribution in [0.3, 0.4) is 0 Å². The van der Waals surface area contributed by atoms with Crippen molar-refractivity contribution in [3.63, 3.8) is 0 Å². The van der Waals surface area contributed by atoms with E-state index in [9.17, 15) is 4.39 Å². The van der Waals surface area contributed by atoms with Crippen molar-refractivity contribution in [2.45, 2.75) is 18.9 Å². The number of rotatable bonds is 4. The molecule has 0 spiro atoms. The molecule has 4 nitrogen and oxygen atoms in total. The predicted molar refractivity (Wildman–Crippen MR) is 95.7 cm³/mol. The lowest BCUT2D eigenvalue weighted by atomic mass is 10.1. The van der Waals surface area contributed by atoms with Crippen LogP contribution in [0.4, 0.5) is 10.2 Å². The van der Waals surface area contributed by atoms with Crippen LogP contribution in [0.5, 0.6) is 0 Å². The molecular formula is C18H17BrFN3O. The van der Waals surface area contributed by atoms with E-state index in [0.29, 0.717) is 0 Å². The summed E-state index contributed by atoms with van der Waals surface area (Å²) < 4.78 is 21.9. The minimum atomic E-state index is -0.251. The molecule has 1 aromatic carbocycles. The third-order valence-corrected chi connectivity index (χ3v) is 4.69. The van der Waals surface area contributed by atoms with Gasteiger partial charge in [-0.25, -0.2) is 9.37 Å². The zero-order valence-electron chi connectivity index (χ0n) is 13.0. The molecular weight excluding hydrogens is 373 g/mol. The number of nitrogens with zero attached hydrogens (tertiary/aromatic N) is 2. The summed E-state index contributed by atoms with van der Waals surface area (Å²) in [5.74, 6) is 0.646. The second-order valence-electron chi connectivity index (χ2n) is 5.91. The first-order valence-corrected chi connectivity index (χ1v) is 8.79. The molecule has 3 aromatic rings. The van der Waals surface area contributed by atoms with Crippen molar-refractivity contribution >= 4 is 27.4 Å². The van der Waals surface area contributed by atoms with E-state index < -0.39 is 0 Å². The van der Waals surface area contributed by atoms with Crippen LogP contribution in [-0.4, -0.2) is 28.6 Å². The number of halogens is 2. The normalized spacial score (nSPS) is 17.5. The quantitative estimate of drug-likeness (QED) is 0.713. The second-order valence-corrected chi connectivity index (χ2v) is 6.82. The molecule has 3 heterocycles. The van der Waals surface area contributed by atoms with E-state index in [0.717, 1.165) is 53.2 Å². The molecule has 0 saturated carbocycles. The molecule has 1 aliphatic heterocycles. The third kappa shape index (κ3) is 3.03. The Morgan fingerprint density at radius 2 is 2.08 bits per heavy atom. The number of imidazole rings is 1. The van der Waals surface area contributed by atoms with Gasteiger partial charge in [0.2, 0.25) is 0 Å². The Labute approximate surface area is 147 Å². The van der Waals surface area contributed by atoms with Gasteiger partial charge in [-0.3, -0.25) is 4.40 Å². The number of ether oxygens (including phenoxy) is 1. The first kappa shape index (κ1) is 15.6. The van der Waals surface area contributed by atoms with Gasteiger partial charge in [-0.2, -0.15) is 0 Å². The molecule has 124 valence electrons. The van der Waals surface area contributed by atoms with Crippen LogP contribution in [0.2, 0.25) is 0 Å². The maximum Gasteiger partial charge on any atom is 0.139 e. The summed E-state index contributed by atoms with van der Waals surface area (Å²) in [6.45, 7) is 1.56. The molecule has 0 amide bonds. The minimum absolute atomic E-state index is 0.226. The van der Waals surface area contributed by atoms with Gasteiger partial charge in [0.1, 0.15) is 23.0 Å². The van der Waals surface area contributed by atoms with Crippen molar-refractivity contribution in [1.82, 2.24) is 9.38 Å². The average molecular weight is 390 g/mol. The van der Waals surface area contributed by atoms with E-state index in [4.69, 9.17) is 9.72 Å². The molecule has 6 heteroatoms. The first-order chi connectivity index (χ1) is 11.7. The van der Waals surface area contributed by atoms with Gasteiger partial charge in [0, 0.05) is 29.4 Å². The van der Waals surface area contributed by atoms with E-state index in [2.05, 4.69) is 21.2 Å². The molecule has 0 radical (unpaired) electrons. The lowest BCUT2D eigenvalue weighted by Gasteiger charge is -2.13. The smallest absolute Gasteiger partial charge is 0.139 e. The van der Waals surface area contributed by atoms with Crippen LogP contribution < -0.4 is 5.32 Å². The highest BCUT2D eigenvalue weighted by Crippen LogP contribution is 2.30. The van der Waals surface area contributed by atoms with E-state index >= 15 is 0 Å². The Morgan fingerprint density at radius 1 is 1.25 bits per heavy atom. The van der Waals surface area contributed by atoms with Crippen LogP contribution in [0.1, 0.15) is 12.8 Å². The lowest BCUT2D eigenvalue weighted by molar-refractivity contribution is 0.120. The van der Waals surface area contributed by atoms with Crippen molar-refractivity contribution in [3.8, 4) is 11.3 Å². The Kier molecular flexibility index (Phi) is 4.24. The fourth-order valence-electron chi connectivity index (χ4n) is 3.01. The highest BCUT2D eigenvalue weighted by atomic mass is 79.9. The van der Waals surface area contributed by atoms with Crippen molar-refractivity contribution in [2.75, 3.05) is 18.5 Å². The van der Waals surface area contributed by atoms with Crippen LogP contribution in [0.25, 0.3) is 16.9 Å². The molecule has 0 aliphatic carbocycles. The SMILES string of the molecule is Fc1ccc(-c2nc3ccc(Br)cn3c2NC[C@@H]2CCCO2)cc1. The number of nitrogens with one attached hydrogen (secondary N) is 1. The van der Waals surface area contributed by atoms with Gasteiger partial charge >= 0.3 is 0 Å². The van der Waals surface area contributed by atoms with Crippen LogP contribution >= 0.6 is 15.9 Å². The fraction of sp³-hybridized carbons (Fsp3) is 0.278. The first-order valence-electron chi connectivity index (χ1n) is 8.00.